The molecular formula is C26H35N3O2. The van der Waals surface area contributed by atoms with Gasteiger partial charge in [0.2, 0.25) is 5.91 Å². The summed E-state index contributed by atoms with van der Waals surface area (Å²) >= 11 is 0. The third-order valence-electron chi connectivity index (χ3n) is 6.21. The van der Waals surface area contributed by atoms with Gasteiger partial charge in [-0.25, -0.2) is 0 Å². The van der Waals surface area contributed by atoms with Crippen molar-refractivity contribution in [2.45, 2.75) is 47.1 Å². The molecule has 2 amide bonds. The Bertz CT molecular complexity index is 930. The van der Waals surface area contributed by atoms with Gasteiger partial charge in [-0.2, -0.15) is 0 Å². The second-order valence-corrected chi connectivity index (χ2v) is 9.00. The highest BCUT2D eigenvalue weighted by atomic mass is 16.2. The van der Waals surface area contributed by atoms with Crippen molar-refractivity contribution >= 4 is 17.5 Å². The quantitative estimate of drug-likeness (QED) is 0.764. The fraction of sp³-hybridized carbons (Fsp3) is 0.462. The van der Waals surface area contributed by atoms with Crippen LogP contribution in [0.4, 0.5) is 5.69 Å². The number of carbonyl (C=O) groups excluding carboxylic acids is 2. The zero-order valence-electron chi connectivity index (χ0n) is 19.4. The van der Waals surface area contributed by atoms with Gasteiger partial charge in [0.15, 0.2) is 0 Å². The summed E-state index contributed by atoms with van der Waals surface area (Å²) in [4.78, 5) is 30.5. The first-order chi connectivity index (χ1) is 14.8. The molecule has 1 unspecified atom stereocenters. The van der Waals surface area contributed by atoms with Gasteiger partial charge in [-0.3, -0.25) is 9.59 Å². The largest absolute Gasteiger partial charge is 0.368 e. The van der Waals surface area contributed by atoms with Gasteiger partial charge in [-0.05, 0) is 61.9 Å². The number of nitrogens with zero attached hydrogens (tertiary/aromatic N) is 2. The minimum atomic E-state index is -0.501. The molecule has 1 aliphatic rings. The number of amides is 2. The van der Waals surface area contributed by atoms with Gasteiger partial charge in [0.1, 0.15) is 6.04 Å². The van der Waals surface area contributed by atoms with E-state index in [1.807, 2.05) is 36.1 Å². The Morgan fingerprint density at radius 3 is 2.19 bits per heavy atom. The lowest BCUT2D eigenvalue weighted by molar-refractivity contribution is -0.134. The van der Waals surface area contributed by atoms with Crippen LogP contribution in [0.2, 0.25) is 0 Å². The first-order valence-electron chi connectivity index (χ1n) is 11.2. The Labute approximate surface area is 186 Å². The first-order valence-corrected chi connectivity index (χ1v) is 11.2. The highest BCUT2D eigenvalue weighted by Crippen LogP contribution is 2.24. The Morgan fingerprint density at radius 1 is 0.903 bits per heavy atom. The van der Waals surface area contributed by atoms with E-state index in [-0.39, 0.29) is 11.8 Å². The highest BCUT2D eigenvalue weighted by Gasteiger charge is 2.30. The van der Waals surface area contributed by atoms with Crippen LogP contribution in [0.25, 0.3) is 0 Å². The zero-order valence-corrected chi connectivity index (χ0v) is 19.4. The molecule has 1 atom stereocenters. The molecule has 0 spiro atoms. The summed E-state index contributed by atoms with van der Waals surface area (Å²) in [7, 11) is 0. The van der Waals surface area contributed by atoms with E-state index in [4.69, 9.17) is 0 Å². The maximum Gasteiger partial charge on any atom is 0.252 e. The average molecular weight is 422 g/mol. The molecule has 0 radical (unpaired) electrons. The molecule has 1 aliphatic heterocycles. The van der Waals surface area contributed by atoms with Crippen molar-refractivity contribution < 1.29 is 9.59 Å². The standard InChI is InChI=1S/C26H35N3O2/c1-18(2)17-23(27-25(30)22-11-7-6-9-20(22)4)26(31)29-15-13-28(14-16-29)24-12-8-10-19(3)21(24)5/h6-12,18,23H,13-17H2,1-5H3,(H,27,30). The smallest absolute Gasteiger partial charge is 0.252 e. The molecule has 5 heteroatoms. The molecule has 2 aromatic carbocycles. The first kappa shape index (κ1) is 22.9. The highest BCUT2D eigenvalue weighted by molar-refractivity contribution is 5.98. The number of rotatable bonds is 6. The summed E-state index contributed by atoms with van der Waals surface area (Å²) in [6.45, 7) is 13.3. The monoisotopic (exact) mass is 421 g/mol. The Hall–Kier alpha value is -2.82. The third-order valence-corrected chi connectivity index (χ3v) is 6.21. The predicted octanol–water partition coefficient (Wildman–Crippen LogP) is 4.11. The van der Waals surface area contributed by atoms with Gasteiger partial charge in [-0.1, -0.05) is 44.2 Å². The summed E-state index contributed by atoms with van der Waals surface area (Å²) in [5.74, 6) is 0.157. The topological polar surface area (TPSA) is 52.7 Å². The second-order valence-electron chi connectivity index (χ2n) is 9.00. The van der Waals surface area contributed by atoms with Crippen molar-refractivity contribution in [2.24, 2.45) is 5.92 Å². The number of carbonyl (C=O) groups is 2. The molecule has 31 heavy (non-hydrogen) atoms. The lowest BCUT2D eigenvalue weighted by Gasteiger charge is -2.38. The van der Waals surface area contributed by atoms with E-state index in [9.17, 15) is 9.59 Å². The third kappa shape index (κ3) is 5.46. The lowest BCUT2D eigenvalue weighted by Crippen LogP contribution is -2.55. The minimum absolute atomic E-state index is 0.0243. The van der Waals surface area contributed by atoms with Crippen molar-refractivity contribution in [2.75, 3.05) is 31.1 Å². The summed E-state index contributed by atoms with van der Waals surface area (Å²) in [6.07, 6.45) is 0.633. The molecule has 0 aliphatic carbocycles. The van der Waals surface area contributed by atoms with E-state index < -0.39 is 6.04 Å². The number of anilines is 1. The van der Waals surface area contributed by atoms with E-state index in [2.05, 4.69) is 56.1 Å². The second kappa shape index (κ2) is 9.99. The fourth-order valence-corrected chi connectivity index (χ4v) is 4.22. The number of hydrogen-bond acceptors (Lipinski definition) is 3. The van der Waals surface area contributed by atoms with Gasteiger partial charge in [0.25, 0.3) is 5.91 Å². The van der Waals surface area contributed by atoms with Gasteiger partial charge in [0.05, 0.1) is 0 Å². The van der Waals surface area contributed by atoms with Crippen LogP contribution >= 0.6 is 0 Å². The van der Waals surface area contributed by atoms with E-state index in [1.54, 1.807) is 0 Å². The summed E-state index contributed by atoms with van der Waals surface area (Å²) in [5.41, 5.74) is 5.37. The van der Waals surface area contributed by atoms with Crippen molar-refractivity contribution in [1.82, 2.24) is 10.2 Å². The van der Waals surface area contributed by atoms with Gasteiger partial charge in [-0.15, -0.1) is 0 Å². The van der Waals surface area contributed by atoms with Crippen molar-refractivity contribution in [3.05, 3.63) is 64.7 Å². The summed E-state index contributed by atoms with van der Waals surface area (Å²) in [6, 6.07) is 13.4. The van der Waals surface area contributed by atoms with Gasteiger partial charge in [0, 0.05) is 37.4 Å². The molecule has 0 bridgehead atoms. The maximum atomic E-state index is 13.3. The number of nitrogens with one attached hydrogen (secondary N) is 1. The van der Waals surface area contributed by atoms with Crippen molar-refractivity contribution in [3.63, 3.8) is 0 Å². The van der Waals surface area contributed by atoms with Crippen LogP contribution in [0, 0.1) is 26.7 Å². The molecule has 1 fully saturated rings. The summed E-state index contributed by atoms with van der Waals surface area (Å²) in [5, 5.41) is 3.02. The van der Waals surface area contributed by atoms with E-state index in [1.165, 1.54) is 16.8 Å². The maximum absolute atomic E-state index is 13.3. The molecule has 166 valence electrons. The molecule has 5 nitrogen and oxygen atoms in total. The molecule has 1 heterocycles. The van der Waals surface area contributed by atoms with Crippen LogP contribution in [0.3, 0.4) is 0 Å². The number of benzene rings is 2. The van der Waals surface area contributed by atoms with Crippen LogP contribution in [-0.4, -0.2) is 48.9 Å². The van der Waals surface area contributed by atoms with Crippen LogP contribution in [0.1, 0.15) is 47.3 Å². The van der Waals surface area contributed by atoms with E-state index >= 15 is 0 Å². The lowest BCUT2D eigenvalue weighted by atomic mass is 10.0. The molecule has 2 aromatic rings. The van der Waals surface area contributed by atoms with E-state index in [0.717, 1.165) is 18.7 Å². The Kier molecular flexibility index (Phi) is 7.37. The van der Waals surface area contributed by atoms with Crippen LogP contribution < -0.4 is 10.2 Å². The Balaban J connectivity index is 1.67. The van der Waals surface area contributed by atoms with Gasteiger partial charge >= 0.3 is 0 Å². The van der Waals surface area contributed by atoms with Gasteiger partial charge < -0.3 is 15.1 Å². The number of piperazine rings is 1. The Morgan fingerprint density at radius 2 is 1.55 bits per heavy atom. The fourth-order valence-electron chi connectivity index (χ4n) is 4.22. The van der Waals surface area contributed by atoms with E-state index in [0.29, 0.717) is 31.0 Å². The number of hydrogen-bond donors (Lipinski definition) is 1. The molecule has 0 saturated carbocycles. The normalized spacial score (nSPS) is 15.2. The molecular weight excluding hydrogens is 386 g/mol. The van der Waals surface area contributed by atoms with Crippen LogP contribution in [-0.2, 0) is 4.79 Å². The molecule has 1 N–H and O–H groups in total. The minimum Gasteiger partial charge on any atom is -0.368 e. The molecule has 0 aromatic heterocycles. The SMILES string of the molecule is Cc1ccccc1C(=O)NC(CC(C)C)C(=O)N1CCN(c2cccc(C)c2C)CC1. The zero-order chi connectivity index (χ0) is 22.5. The summed E-state index contributed by atoms with van der Waals surface area (Å²) < 4.78 is 0. The number of aryl methyl sites for hydroxylation is 2. The van der Waals surface area contributed by atoms with Crippen molar-refractivity contribution in [3.8, 4) is 0 Å². The van der Waals surface area contributed by atoms with Crippen LogP contribution in [0.15, 0.2) is 42.5 Å². The average Bonchev–Trinajstić information content (AvgIpc) is 2.75. The molecule has 1 saturated heterocycles. The predicted molar refractivity (Wildman–Crippen MR) is 127 cm³/mol. The van der Waals surface area contributed by atoms with Crippen molar-refractivity contribution in [1.29, 1.82) is 0 Å². The van der Waals surface area contributed by atoms with Crippen LogP contribution in [0.5, 0.6) is 0 Å². The molecule has 3 rings (SSSR count).